The quantitative estimate of drug-likeness (QED) is 0.162. The van der Waals surface area contributed by atoms with Gasteiger partial charge in [0.05, 0.1) is 22.2 Å². The Kier molecular flexibility index (Phi) is 7.30. The Morgan fingerprint density at radius 1 is 0.358 bits per heavy atom. The Morgan fingerprint density at radius 3 is 1.70 bits per heavy atom. The van der Waals surface area contributed by atoms with E-state index in [1.165, 1.54) is 5.56 Å². The van der Waals surface area contributed by atoms with Gasteiger partial charge >= 0.3 is 0 Å². The van der Waals surface area contributed by atoms with Gasteiger partial charge in [-0.05, 0) is 58.7 Å². The molecule has 0 saturated carbocycles. The van der Waals surface area contributed by atoms with Gasteiger partial charge in [0.25, 0.3) is 0 Å². The van der Waals surface area contributed by atoms with Gasteiger partial charge in [0.15, 0.2) is 0 Å². The molecule has 0 aliphatic heterocycles. The maximum absolute atomic E-state index is 7.35. The highest BCUT2D eigenvalue weighted by atomic mass is 15.0. The highest BCUT2D eigenvalue weighted by molar-refractivity contribution is 6.60. The van der Waals surface area contributed by atoms with Crippen molar-refractivity contribution in [2.45, 2.75) is 0 Å². The van der Waals surface area contributed by atoms with Crippen LogP contribution in [0.25, 0.3) is 88.4 Å². The van der Waals surface area contributed by atoms with Crippen molar-refractivity contribution in [1.82, 2.24) is 9.13 Å². The molecule has 240 valence electrons. The molecule has 0 aliphatic carbocycles. The molecule has 5 heteroatoms. The third kappa shape index (κ3) is 4.77. The summed E-state index contributed by atoms with van der Waals surface area (Å²) in [5.41, 5.74) is 13.9. The number of rotatable bonds is 5. The maximum atomic E-state index is 7.35. The highest BCUT2D eigenvalue weighted by Gasteiger charge is 2.23. The van der Waals surface area contributed by atoms with Crippen molar-refractivity contribution < 1.29 is 0 Å². The predicted molar refractivity (Wildman–Crippen MR) is 228 cm³/mol. The first-order valence-electron chi connectivity index (χ1n) is 17.8. The Morgan fingerprint density at radius 2 is 0.943 bits per heavy atom. The van der Waals surface area contributed by atoms with Crippen LogP contribution in [0.1, 0.15) is 0 Å². The summed E-state index contributed by atoms with van der Waals surface area (Å²) >= 11 is 0. The van der Waals surface area contributed by atoms with Crippen molar-refractivity contribution in [1.29, 1.82) is 0 Å². The number of fused-ring (bicyclic) bond motifs is 6. The largest absolute Gasteiger partial charge is 0.309 e. The van der Waals surface area contributed by atoms with Gasteiger partial charge in [0, 0.05) is 43.9 Å². The molecule has 8 aromatic carbocycles. The van der Waals surface area contributed by atoms with Crippen molar-refractivity contribution >= 4 is 83.5 Å². The smallest absolute Gasteiger partial charge is 0.115 e. The summed E-state index contributed by atoms with van der Waals surface area (Å²) in [7, 11) is 21.6. The fourth-order valence-electron chi connectivity index (χ4n) is 8.31. The lowest BCUT2D eigenvalue weighted by Gasteiger charge is -2.19. The van der Waals surface area contributed by atoms with Crippen LogP contribution in [-0.4, -0.2) is 32.7 Å². The summed E-state index contributed by atoms with van der Waals surface area (Å²) < 4.78 is 4.58. The lowest BCUT2D eigenvalue weighted by molar-refractivity contribution is 1.18. The monoisotopic (exact) mass is 666 g/mol. The standard InChI is InChI=1S/C48H29B3N2/c49-44-42(32-27-28-41-38(29-32)36-22-11-13-26-40(36)53(41)39-25-12-10-21-34(39)30-15-4-1-5-16-30)45(50)46(51)48-43(44)37-24-14-23-35(31-17-6-2-7-18-31)47(37)52(48)33-19-8-3-9-20-33/h1-29H. The Bertz CT molecular complexity index is 3020. The van der Waals surface area contributed by atoms with Gasteiger partial charge in [-0.3, -0.25) is 0 Å². The molecule has 0 aliphatic rings. The van der Waals surface area contributed by atoms with Gasteiger partial charge in [0.2, 0.25) is 0 Å². The second kappa shape index (κ2) is 12.4. The predicted octanol–water partition coefficient (Wildman–Crippen LogP) is 9.26. The van der Waals surface area contributed by atoms with Crippen LogP contribution >= 0.6 is 0 Å². The summed E-state index contributed by atoms with van der Waals surface area (Å²) in [6, 6.07) is 61.4. The van der Waals surface area contributed by atoms with Crippen LogP contribution in [0.5, 0.6) is 0 Å². The lowest BCUT2D eigenvalue weighted by atomic mass is 9.69. The summed E-state index contributed by atoms with van der Waals surface area (Å²) in [5.74, 6) is 0. The van der Waals surface area contributed by atoms with E-state index < -0.39 is 0 Å². The third-order valence-corrected chi connectivity index (χ3v) is 10.6. The van der Waals surface area contributed by atoms with E-state index in [9.17, 15) is 0 Å². The van der Waals surface area contributed by atoms with Crippen molar-refractivity contribution in [2.24, 2.45) is 0 Å². The van der Waals surface area contributed by atoms with E-state index in [-0.39, 0.29) is 0 Å². The van der Waals surface area contributed by atoms with E-state index in [2.05, 4.69) is 161 Å². The zero-order valence-corrected chi connectivity index (χ0v) is 28.9. The van der Waals surface area contributed by atoms with Crippen LogP contribution in [0.3, 0.4) is 0 Å². The molecule has 0 unspecified atom stereocenters. The molecule has 0 atom stereocenters. The van der Waals surface area contributed by atoms with Crippen LogP contribution < -0.4 is 16.4 Å². The van der Waals surface area contributed by atoms with Crippen LogP contribution in [-0.2, 0) is 0 Å². The van der Waals surface area contributed by atoms with Crippen molar-refractivity contribution in [2.75, 3.05) is 0 Å². The topological polar surface area (TPSA) is 9.86 Å². The fourth-order valence-corrected chi connectivity index (χ4v) is 8.31. The normalized spacial score (nSPS) is 11.6. The summed E-state index contributed by atoms with van der Waals surface area (Å²) in [5, 5.41) is 4.16. The first-order valence-corrected chi connectivity index (χ1v) is 17.8. The lowest BCUT2D eigenvalue weighted by Crippen LogP contribution is -2.35. The molecule has 2 aromatic heterocycles. The molecule has 0 spiro atoms. The fraction of sp³-hybridized carbons (Fsp3) is 0. The number of nitrogens with zero attached hydrogens (tertiary/aromatic N) is 2. The van der Waals surface area contributed by atoms with Crippen molar-refractivity contribution in [3.63, 3.8) is 0 Å². The Balaban J connectivity index is 1.26. The van der Waals surface area contributed by atoms with E-state index in [1.54, 1.807) is 0 Å². The molecule has 0 N–H and O–H groups in total. The van der Waals surface area contributed by atoms with Crippen molar-refractivity contribution in [3.8, 4) is 44.8 Å². The van der Waals surface area contributed by atoms with Gasteiger partial charge < -0.3 is 9.13 Å². The number of benzene rings is 8. The zero-order valence-electron chi connectivity index (χ0n) is 28.9. The Hall–Kier alpha value is -6.45. The van der Waals surface area contributed by atoms with Crippen LogP contribution in [0, 0.1) is 0 Å². The molecule has 0 amide bonds. The van der Waals surface area contributed by atoms with E-state index in [1.807, 2.05) is 24.3 Å². The summed E-state index contributed by atoms with van der Waals surface area (Å²) in [6.07, 6.45) is 0. The summed E-state index contributed by atoms with van der Waals surface area (Å²) in [6.45, 7) is 0. The minimum atomic E-state index is 0.466. The average molecular weight is 666 g/mol. The van der Waals surface area contributed by atoms with Gasteiger partial charge in [-0.2, -0.15) is 0 Å². The molecular formula is C48H29B3N2. The zero-order chi connectivity index (χ0) is 35.6. The first kappa shape index (κ1) is 31.3. The van der Waals surface area contributed by atoms with Gasteiger partial charge in [-0.1, -0.05) is 156 Å². The second-order valence-corrected chi connectivity index (χ2v) is 13.5. The molecule has 10 aromatic rings. The van der Waals surface area contributed by atoms with Gasteiger partial charge in [0.1, 0.15) is 23.5 Å². The Labute approximate surface area is 312 Å². The number of aromatic nitrogens is 2. The van der Waals surface area contributed by atoms with Gasteiger partial charge in [-0.15, -0.1) is 0 Å². The molecule has 53 heavy (non-hydrogen) atoms. The molecule has 0 fully saturated rings. The minimum absolute atomic E-state index is 0.466. The number of hydrogen-bond donors (Lipinski definition) is 0. The molecule has 2 heterocycles. The molecule has 0 bridgehead atoms. The SMILES string of the molecule is [B]c1c(-c2ccc3c(c2)c2ccccc2n3-c2ccccc2-c2ccccc2)c([B])c2c3cccc(-c4ccccc4)c3n(-c3ccccc3)c2c1[B]. The molecule has 6 radical (unpaired) electrons. The van der Waals surface area contributed by atoms with Crippen molar-refractivity contribution in [3.05, 3.63) is 176 Å². The van der Waals surface area contributed by atoms with E-state index in [0.29, 0.717) is 16.4 Å². The number of para-hydroxylation sites is 4. The summed E-state index contributed by atoms with van der Waals surface area (Å²) in [4.78, 5) is 0. The molecule has 10 rings (SSSR count). The maximum Gasteiger partial charge on any atom is 0.115 e. The minimum Gasteiger partial charge on any atom is -0.309 e. The van der Waals surface area contributed by atoms with Crippen LogP contribution in [0.2, 0.25) is 0 Å². The van der Waals surface area contributed by atoms with E-state index in [0.717, 1.165) is 82.8 Å². The van der Waals surface area contributed by atoms with E-state index in [4.69, 9.17) is 23.5 Å². The van der Waals surface area contributed by atoms with Crippen LogP contribution in [0.15, 0.2) is 176 Å². The first-order chi connectivity index (χ1) is 26.1. The third-order valence-electron chi connectivity index (χ3n) is 10.6. The average Bonchev–Trinajstić information content (AvgIpc) is 3.75. The molecule has 2 nitrogen and oxygen atoms in total. The van der Waals surface area contributed by atoms with E-state index >= 15 is 0 Å². The molecule has 0 saturated heterocycles. The second-order valence-electron chi connectivity index (χ2n) is 13.5. The molecular weight excluding hydrogens is 637 g/mol. The van der Waals surface area contributed by atoms with Crippen LogP contribution in [0.4, 0.5) is 0 Å². The number of hydrogen-bond acceptors (Lipinski definition) is 0. The van der Waals surface area contributed by atoms with Gasteiger partial charge in [-0.25, -0.2) is 0 Å². The highest BCUT2D eigenvalue weighted by Crippen LogP contribution is 2.40.